The number of nitrogens with zero attached hydrogens (tertiary/aromatic N) is 1. The minimum atomic E-state index is -0.492. The molecule has 1 aliphatic rings. The minimum Gasteiger partial charge on any atom is -0.468 e. The van der Waals surface area contributed by atoms with Gasteiger partial charge in [-0.15, -0.1) is 0 Å². The molecule has 6 nitrogen and oxygen atoms in total. The molecule has 0 unspecified atom stereocenters. The first kappa shape index (κ1) is 15.0. The Kier molecular flexibility index (Phi) is 4.57. The van der Waals surface area contributed by atoms with Crippen molar-refractivity contribution < 1.29 is 23.9 Å². The normalized spacial score (nSPS) is 14.2. The largest absolute Gasteiger partial charge is 0.468 e. The first-order valence-electron chi connectivity index (χ1n) is 6.70. The van der Waals surface area contributed by atoms with E-state index in [1.165, 1.54) is 18.9 Å². The maximum Gasteiger partial charge on any atom is 0.325 e. The van der Waals surface area contributed by atoms with Gasteiger partial charge in [-0.1, -0.05) is 6.07 Å². The number of hydrogen-bond donors (Lipinski definition) is 0. The molecule has 0 bridgehead atoms. The Labute approximate surface area is 122 Å². The second kappa shape index (κ2) is 6.39. The number of esters is 2. The van der Waals surface area contributed by atoms with Crippen molar-refractivity contribution in [2.75, 3.05) is 18.6 Å². The van der Waals surface area contributed by atoms with Crippen LogP contribution in [0.2, 0.25) is 0 Å². The summed E-state index contributed by atoms with van der Waals surface area (Å²) in [5.41, 5.74) is 1.36. The van der Waals surface area contributed by atoms with Gasteiger partial charge in [0.15, 0.2) is 0 Å². The zero-order valence-electron chi connectivity index (χ0n) is 12.0. The van der Waals surface area contributed by atoms with Crippen LogP contribution in [0, 0.1) is 0 Å². The molecule has 0 atom stereocenters. The summed E-state index contributed by atoms with van der Waals surface area (Å²) in [6.45, 7) is 1.18. The lowest BCUT2D eigenvalue weighted by Gasteiger charge is -2.22. The van der Waals surface area contributed by atoms with Crippen LogP contribution < -0.4 is 9.64 Å². The van der Waals surface area contributed by atoms with Crippen molar-refractivity contribution in [3.63, 3.8) is 0 Å². The van der Waals surface area contributed by atoms with Gasteiger partial charge in [0.25, 0.3) is 0 Å². The van der Waals surface area contributed by atoms with Crippen molar-refractivity contribution >= 4 is 23.5 Å². The summed E-state index contributed by atoms with van der Waals surface area (Å²) in [6.07, 6.45) is 1.59. The van der Waals surface area contributed by atoms with Crippen LogP contribution in [0.1, 0.15) is 25.3 Å². The highest BCUT2D eigenvalue weighted by molar-refractivity contribution is 5.99. The Bertz CT molecular complexity index is 581. The molecule has 1 amide bonds. The van der Waals surface area contributed by atoms with Gasteiger partial charge in [-0.25, -0.2) is 0 Å². The van der Waals surface area contributed by atoms with E-state index >= 15 is 0 Å². The van der Waals surface area contributed by atoms with Gasteiger partial charge in [-0.2, -0.15) is 0 Å². The van der Waals surface area contributed by atoms with E-state index < -0.39 is 11.9 Å². The summed E-state index contributed by atoms with van der Waals surface area (Å²) in [6, 6.07) is 5.13. The number of fused-ring (bicyclic) bond motifs is 1. The number of carbonyl (C=O) groups excluding carboxylic acids is 3. The molecule has 1 heterocycles. The van der Waals surface area contributed by atoms with E-state index in [9.17, 15) is 14.4 Å². The van der Waals surface area contributed by atoms with Crippen molar-refractivity contribution in [1.82, 2.24) is 0 Å². The van der Waals surface area contributed by atoms with Gasteiger partial charge in [-0.05, 0) is 25.0 Å². The van der Waals surface area contributed by atoms with Gasteiger partial charge in [0.05, 0.1) is 12.8 Å². The van der Waals surface area contributed by atoms with Crippen molar-refractivity contribution in [1.29, 1.82) is 0 Å². The van der Waals surface area contributed by atoms with Crippen molar-refractivity contribution in [2.24, 2.45) is 0 Å². The second-order valence-corrected chi connectivity index (χ2v) is 4.76. The SMILES string of the molecule is COC(=O)CN1C(=O)CCCc2c(OC(C)=O)cccc21. The molecule has 0 saturated carbocycles. The first-order chi connectivity index (χ1) is 10.0. The topological polar surface area (TPSA) is 72.9 Å². The van der Waals surface area contributed by atoms with Crippen LogP contribution >= 0.6 is 0 Å². The Morgan fingerprint density at radius 2 is 2.05 bits per heavy atom. The average molecular weight is 291 g/mol. The van der Waals surface area contributed by atoms with Crippen molar-refractivity contribution in [3.8, 4) is 5.75 Å². The third-order valence-corrected chi connectivity index (χ3v) is 3.29. The van der Waals surface area contributed by atoms with Crippen molar-refractivity contribution in [2.45, 2.75) is 26.2 Å². The highest BCUT2D eigenvalue weighted by Crippen LogP contribution is 2.34. The van der Waals surface area contributed by atoms with E-state index in [-0.39, 0.29) is 12.5 Å². The van der Waals surface area contributed by atoms with E-state index in [1.807, 2.05) is 0 Å². The standard InChI is InChI=1S/C15H17NO5/c1-10(17)21-13-7-4-6-12-11(13)5-3-8-14(18)16(12)9-15(19)20-2/h4,6-7H,3,5,8-9H2,1-2H3. The summed E-state index contributed by atoms with van der Waals surface area (Å²) in [4.78, 5) is 36.2. The zero-order chi connectivity index (χ0) is 15.4. The fraction of sp³-hybridized carbons (Fsp3) is 0.400. The molecule has 0 saturated heterocycles. The molecule has 2 rings (SSSR count). The lowest BCUT2D eigenvalue weighted by molar-refractivity contribution is -0.140. The number of methoxy groups -OCH3 is 1. The van der Waals surface area contributed by atoms with E-state index in [0.717, 1.165) is 5.56 Å². The molecular weight excluding hydrogens is 274 g/mol. The molecule has 0 fully saturated rings. The van der Waals surface area contributed by atoms with E-state index in [4.69, 9.17) is 4.74 Å². The quantitative estimate of drug-likeness (QED) is 0.622. The van der Waals surface area contributed by atoms with E-state index in [0.29, 0.717) is 30.7 Å². The Hall–Kier alpha value is -2.37. The average Bonchev–Trinajstić information content (AvgIpc) is 2.59. The summed E-state index contributed by atoms with van der Waals surface area (Å²) in [7, 11) is 1.28. The Morgan fingerprint density at radius 1 is 1.29 bits per heavy atom. The van der Waals surface area contributed by atoms with Gasteiger partial charge in [0.2, 0.25) is 5.91 Å². The van der Waals surface area contributed by atoms with Crippen LogP contribution in [0.3, 0.4) is 0 Å². The molecule has 0 spiro atoms. The van der Waals surface area contributed by atoms with Gasteiger partial charge >= 0.3 is 11.9 Å². The molecule has 0 N–H and O–H groups in total. The van der Waals surface area contributed by atoms with Crippen molar-refractivity contribution in [3.05, 3.63) is 23.8 Å². The molecule has 0 aromatic heterocycles. The highest BCUT2D eigenvalue weighted by Gasteiger charge is 2.26. The first-order valence-corrected chi connectivity index (χ1v) is 6.70. The third kappa shape index (κ3) is 3.39. The fourth-order valence-electron chi connectivity index (χ4n) is 2.36. The number of amides is 1. The molecule has 21 heavy (non-hydrogen) atoms. The predicted octanol–water partition coefficient (Wildman–Crippen LogP) is 1.45. The van der Waals surface area contributed by atoms with E-state index in [1.54, 1.807) is 18.2 Å². The molecule has 6 heteroatoms. The number of carbonyl (C=O) groups is 3. The Balaban J connectivity index is 2.43. The lowest BCUT2D eigenvalue weighted by atomic mass is 10.1. The summed E-state index contributed by atoms with van der Waals surface area (Å²) in [5, 5.41) is 0. The minimum absolute atomic E-state index is 0.140. The van der Waals surface area contributed by atoms with Crippen LogP contribution in [0.15, 0.2) is 18.2 Å². The van der Waals surface area contributed by atoms with Gasteiger partial charge in [0, 0.05) is 18.9 Å². The monoisotopic (exact) mass is 291 g/mol. The molecule has 1 aromatic rings. The van der Waals surface area contributed by atoms with Gasteiger partial charge < -0.3 is 14.4 Å². The van der Waals surface area contributed by atoms with Gasteiger partial charge in [-0.3, -0.25) is 14.4 Å². The number of hydrogen-bond acceptors (Lipinski definition) is 5. The van der Waals surface area contributed by atoms with Gasteiger partial charge in [0.1, 0.15) is 12.3 Å². The van der Waals surface area contributed by atoms with Crippen LogP contribution in [-0.4, -0.2) is 31.5 Å². The maximum absolute atomic E-state index is 12.2. The molecule has 112 valence electrons. The molecule has 1 aromatic carbocycles. The molecule has 1 aliphatic heterocycles. The second-order valence-electron chi connectivity index (χ2n) is 4.76. The highest BCUT2D eigenvalue weighted by atomic mass is 16.5. The smallest absolute Gasteiger partial charge is 0.325 e. The maximum atomic E-state index is 12.2. The zero-order valence-corrected chi connectivity index (χ0v) is 12.0. The van der Waals surface area contributed by atoms with Crippen LogP contribution in [0.4, 0.5) is 5.69 Å². The number of anilines is 1. The lowest BCUT2D eigenvalue weighted by Crippen LogP contribution is -2.35. The molecule has 0 radical (unpaired) electrons. The summed E-state index contributed by atoms with van der Waals surface area (Å²) in [5.74, 6) is -0.615. The molecular formula is C15H17NO5. The third-order valence-electron chi connectivity index (χ3n) is 3.29. The van der Waals surface area contributed by atoms with E-state index in [2.05, 4.69) is 4.74 Å². The summed E-state index contributed by atoms with van der Waals surface area (Å²) >= 11 is 0. The fourth-order valence-corrected chi connectivity index (χ4v) is 2.36. The van der Waals surface area contributed by atoms with Crippen LogP contribution in [0.25, 0.3) is 0 Å². The number of rotatable bonds is 3. The van der Waals surface area contributed by atoms with Crippen LogP contribution in [0.5, 0.6) is 5.75 Å². The predicted molar refractivity (Wildman–Crippen MR) is 75.1 cm³/mol. The Morgan fingerprint density at radius 3 is 2.71 bits per heavy atom. The van der Waals surface area contributed by atoms with Crippen LogP contribution in [-0.2, 0) is 25.5 Å². The number of ether oxygens (including phenoxy) is 2. The molecule has 0 aliphatic carbocycles. The number of benzene rings is 1. The summed E-state index contributed by atoms with van der Waals surface area (Å²) < 4.78 is 9.82.